The van der Waals surface area contributed by atoms with Crippen LogP contribution in [0.4, 0.5) is 0 Å². The van der Waals surface area contributed by atoms with Crippen LogP contribution in [0.25, 0.3) is 0 Å². The van der Waals surface area contributed by atoms with Gasteiger partial charge in [0.25, 0.3) is 0 Å². The predicted octanol–water partition coefficient (Wildman–Crippen LogP) is 14.3. The molecule has 10 saturated carbocycles. The molecule has 10 fully saturated rings. The van der Waals surface area contributed by atoms with Gasteiger partial charge in [0, 0.05) is 0 Å². The van der Waals surface area contributed by atoms with Crippen LogP contribution in [0, 0.1) is 107 Å². The van der Waals surface area contributed by atoms with Gasteiger partial charge in [-0.3, -0.25) is 0 Å². The Labute approximate surface area is 304 Å². The van der Waals surface area contributed by atoms with Crippen LogP contribution in [0.5, 0.6) is 0 Å². The Balaban J connectivity index is 0.916. The van der Waals surface area contributed by atoms with Gasteiger partial charge < -0.3 is 0 Å². The van der Waals surface area contributed by atoms with E-state index in [1.165, 1.54) is 0 Å². The molecule has 0 N–H and O–H groups in total. The van der Waals surface area contributed by atoms with E-state index in [9.17, 15) is 0 Å². The molecule has 0 spiro atoms. The lowest BCUT2D eigenvalue weighted by molar-refractivity contribution is -0.0369. The minimum Gasteiger partial charge on any atom is -0.0533 e. The topological polar surface area (TPSA) is 0 Å². The Morgan fingerprint density at radius 3 is 1.10 bits per heavy atom. The number of hydrogen-bond donors (Lipinski definition) is 0. The van der Waals surface area contributed by atoms with Crippen LogP contribution in [0.1, 0.15) is 199 Å². The van der Waals surface area contributed by atoms with Gasteiger partial charge in [-0.25, -0.2) is 0 Å². The Morgan fingerprint density at radius 2 is 0.449 bits per heavy atom. The van der Waals surface area contributed by atoms with Crippen molar-refractivity contribution in [3.63, 3.8) is 0 Å². The fraction of sp³-hybridized carbons (Fsp3) is 1.00. The third-order valence-corrected chi connectivity index (χ3v) is 20.4. The Morgan fingerprint density at radius 1 is 0.163 bits per heavy atom. The molecule has 0 heteroatoms. The van der Waals surface area contributed by atoms with Gasteiger partial charge in [0.05, 0.1) is 0 Å². The van der Waals surface area contributed by atoms with Crippen molar-refractivity contribution in [3.05, 3.63) is 0 Å². The minimum atomic E-state index is 1.11. The maximum Gasteiger partial charge on any atom is -0.0323 e. The van der Waals surface area contributed by atoms with Crippen LogP contribution in [-0.4, -0.2) is 0 Å². The third kappa shape index (κ3) is 6.71. The summed E-state index contributed by atoms with van der Waals surface area (Å²) in [5.74, 6) is 20.3. The standard InChI is InChI=1S/C49H80/c1-2-10-32(11-3-1)41-25-42(39-20-18-33-12-4-6-14-35(33)22-39)27-43(26-41)44-28-46-29-45-24-37-16-8-9-17-38(37)30-48(45)49(46)47(31-44)40-21-19-34-13-5-7-15-36(34)23-40/h32-49H,1-31H2. The average molecular weight is 669 g/mol. The summed E-state index contributed by atoms with van der Waals surface area (Å²) in [4.78, 5) is 0. The highest BCUT2D eigenvalue weighted by Gasteiger charge is 2.56. The molecule has 17 unspecified atom stereocenters. The lowest BCUT2D eigenvalue weighted by Crippen LogP contribution is -2.45. The van der Waals surface area contributed by atoms with Crippen molar-refractivity contribution in [3.8, 4) is 0 Å². The molecular weight excluding hydrogens is 589 g/mol. The minimum absolute atomic E-state index is 1.11. The second kappa shape index (κ2) is 14.7. The van der Waals surface area contributed by atoms with Crippen molar-refractivity contribution in [1.29, 1.82) is 0 Å². The molecule has 276 valence electrons. The van der Waals surface area contributed by atoms with Crippen LogP contribution in [0.15, 0.2) is 0 Å². The molecule has 0 heterocycles. The highest BCUT2D eigenvalue weighted by molar-refractivity contribution is 5.06. The summed E-state index contributed by atoms with van der Waals surface area (Å²) in [6, 6.07) is 0. The average Bonchev–Trinajstić information content (AvgIpc) is 3.53. The molecule has 0 saturated heterocycles. The molecule has 0 aliphatic heterocycles. The van der Waals surface area contributed by atoms with E-state index in [4.69, 9.17) is 0 Å². The highest BCUT2D eigenvalue weighted by Crippen LogP contribution is 2.65. The molecule has 17 atom stereocenters. The number of rotatable bonds is 4. The van der Waals surface area contributed by atoms with Gasteiger partial charge in [-0.15, -0.1) is 0 Å². The van der Waals surface area contributed by atoms with E-state index >= 15 is 0 Å². The van der Waals surface area contributed by atoms with Crippen LogP contribution in [-0.2, 0) is 0 Å². The Kier molecular flexibility index (Phi) is 10.1. The zero-order valence-electron chi connectivity index (χ0n) is 32.3. The van der Waals surface area contributed by atoms with Gasteiger partial charge in [0.15, 0.2) is 0 Å². The molecule has 0 radical (unpaired) electrons. The van der Waals surface area contributed by atoms with E-state index in [2.05, 4.69) is 0 Å². The van der Waals surface area contributed by atoms with E-state index in [0.29, 0.717) is 0 Å². The van der Waals surface area contributed by atoms with Crippen LogP contribution in [0.3, 0.4) is 0 Å². The normalized spacial score (nSPS) is 53.8. The summed E-state index contributed by atoms with van der Waals surface area (Å²) < 4.78 is 0. The molecule has 0 aromatic rings. The van der Waals surface area contributed by atoms with Gasteiger partial charge in [-0.2, -0.15) is 0 Å². The molecular formula is C49H80. The Hall–Kier alpha value is 0. The SMILES string of the molecule is C1CCC(C2CC(C3CCC4CCCCC4C3)CC(C3CC4CC5CC6CCCCC6CC5C4C(C4CCC5CCCCC5C4)C3)C2)CC1. The maximum absolute atomic E-state index is 1.71. The molecule has 10 rings (SSSR count). The summed E-state index contributed by atoms with van der Waals surface area (Å²) in [6.07, 6.45) is 50.2. The highest BCUT2D eigenvalue weighted by atomic mass is 14.6. The lowest BCUT2D eigenvalue weighted by atomic mass is 9.52. The van der Waals surface area contributed by atoms with E-state index in [0.717, 1.165) is 107 Å². The van der Waals surface area contributed by atoms with Gasteiger partial charge in [-0.05, 0) is 196 Å². The molecule has 0 bridgehead atoms. The zero-order valence-corrected chi connectivity index (χ0v) is 32.3. The number of fused-ring (bicyclic) bond motifs is 6. The molecule has 0 amide bonds. The van der Waals surface area contributed by atoms with Crippen LogP contribution in [0.2, 0.25) is 0 Å². The zero-order chi connectivity index (χ0) is 32.3. The number of hydrogen-bond acceptors (Lipinski definition) is 0. The van der Waals surface area contributed by atoms with E-state index in [1.807, 2.05) is 0 Å². The van der Waals surface area contributed by atoms with E-state index < -0.39 is 0 Å². The molecule has 10 aliphatic carbocycles. The van der Waals surface area contributed by atoms with Crippen LogP contribution < -0.4 is 0 Å². The molecule has 0 aromatic carbocycles. The van der Waals surface area contributed by atoms with E-state index in [-0.39, 0.29) is 0 Å². The molecule has 49 heavy (non-hydrogen) atoms. The molecule has 10 aliphatic rings. The summed E-state index contributed by atoms with van der Waals surface area (Å²) in [5.41, 5.74) is 0. The maximum atomic E-state index is 1.71. The van der Waals surface area contributed by atoms with Crippen molar-refractivity contribution in [1.82, 2.24) is 0 Å². The molecule has 0 nitrogen and oxygen atoms in total. The van der Waals surface area contributed by atoms with Crippen molar-refractivity contribution < 1.29 is 0 Å². The summed E-state index contributed by atoms with van der Waals surface area (Å²) in [6.45, 7) is 0. The fourth-order valence-electron chi connectivity index (χ4n) is 18.3. The van der Waals surface area contributed by atoms with Crippen molar-refractivity contribution in [2.24, 2.45) is 107 Å². The van der Waals surface area contributed by atoms with Crippen LogP contribution >= 0.6 is 0 Å². The van der Waals surface area contributed by atoms with Gasteiger partial charge >= 0.3 is 0 Å². The van der Waals surface area contributed by atoms with Crippen molar-refractivity contribution in [2.45, 2.75) is 199 Å². The quantitative estimate of drug-likeness (QED) is 0.280. The van der Waals surface area contributed by atoms with Gasteiger partial charge in [-0.1, -0.05) is 109 Å². The first kappa shape index (κ1) is 33.6. The Bertz CT molecular complexity index is 1080. The fourth-order valence-corrected chi connectivity index (χ4v) is 18.3. The monoisotopic (exact) mass is 669 g/mol. The molecule has 0 aromatic heterocycles. The largest absolute Gasteiger partial charge is 0.0533 e. The summed E-state index contributed by atoms with van der Waals surface area (Å²) >= 11 is 0. The smallest absolute Gasteiger partial charge is 0.0323 e. The predicted molar refractivity (Wildman–Crippen MR) is 206 cm³/mol. The van der Waals surface area contributed by atoms with Gasteiger partial charge in [0.2, 0.25) is 0 Å². The lowest BCUT2D eigenvalue weighted by Gasteiger charge is -2.53. The van der Waals surface area contributed by atoms with E-state index in [1.54, 1.807) is 199 Å². The third-order valence-electron chi connectivity index (χ3n) is 20.4. The second-order valence-corrected chi connectivity index (χ2v) is 22.3. The first-order valence-corrected chi connectivity index (χ1v) is 24.2. The first-order valence-electron chi connectivity index (χ1n) is 24.2. The van der Waals surface area contributed by atoms with Crippen molar-refractivity contribution >= 4 is 0 Å². The van der Waals surface area contributed by atoms with Gasteiger partial charge in [0.1, 0.15) is 0 Å². The summed E-state index contributed by atoms with van der Waals surface area (Å²) in [5, 5.41) is 0. The summed E-state index contributed by atoms with van der Waals surface area (Å²) in [7, 11) is 0. The first-order chi connectivity index (χ1) is 24.2. The van der Waals surface area contributed by atoms with Crippen molar-refractivity contribution in [2.75, 3.05) is 0 Å². The second-order valence-electron chi connectivity index (χ2n) is 22.3.